The van der Waals surface area contributed by atoms with Gasteiger partial charge in [0.25, 0.3) is 0 Å². The molecule has 19 heavy (non-hydrogen) atoms. The third-order valence-corrected chi connectivity index (χ3v) is 3.58. The van der Waals surface area contributed by atoms with Crippen LogP contribution in [0.25, 0.3) is 0 Å². The number of hydrogen-bond acceptors (Lipinski definition) is 3. The van der Waals surface area contributed by atoms with Crippen LogP contribution in [-0.4, -0.2) is 14.8 Å². The molecule has 0 fully saturated rings. The average molecular weight is 285 g/mol. The molecule has 0 amide bonds. The van der Waals surface area contributed by atoms with Gasteiger partial charge in [0.15, 0.2) is 16.8 Å². The predicted octanol–water partition coefficient (Wildman–Crippen LogP) is 2.55. The fraction of sp³-hybridized carbons (Fsp3) is 0.333. The van der Waals surface area contributed by atoms with E-state index >= 15 is 0 Å². The molecule has 1 aromatic carbocycles. The lowest BCUT2D eigenvalue weighted by Gasteiger charge is -2.05. The van der Waals surface area contributed by atoms with Gasteiger partial charge in [-0.1, -0.05) is 30.8 Å². The summed E-state index contributed by atoms with van der Waals surface area (Å²) >= 11 is 1.20. The van der Waals surface area contributed by atoms with Crippen LogP contribution < -0.4 is 5.69 Å². The molecule has 0 unspecified atom stereocenters. The molecule has 0 radical (unpaired) electrons. The van der Waals surface area contributed by atoms with Gasteiger partial charge in [-0.15, -0.1) is 5.10 Å². The first-order valence-electron chi connectivity index (χ1n) is 5.84. The van der Waals surface area contributed by atoms with Gasteiger partial charge in [-0.2, -0.15) is 0 Å². The van der Waals surface area contributed by atoms with Crippen LogP contribution in [0.2, 0.25) is 0 Å². The lowest BCUT2D eigenvalue weighted by molar-refractivity contribution is 0.502. The highest BCUT2D eigenvalue weighted by molar-refractivity contribution is 7.98. The first-order valence-corrected chi connectivity index (χ1v) is 6.83. The Morgan fingerprint density at radius 3 is 2.95 bits per heavy atom. The Morgan fingerprint density at radius 1 is 1.42 bits per heavy atom. The molecular weight excluding hydrogens is 272 g/mol. The number of aromatic nitrogens is 3. The van der Waals surface area contributed by atoms with Gasteiger partial charge in [0.1, 0.15) is 0 Å². The van der Waals surface area contributed by atoms with E-state index in [2.05, 4.69) is 10.2 Å². The number of thioether (sulfide) groups is 1. The first-order chi connectivity index (χ1) is 9.13. The Labute approximate surface area is 112 Å². The fourth-order valence-electron chi connectivity index (χ4n) is 1.64. The van der Waals surface area contributed by atoms with Crippen molar-refractivity contribution in [2.75, 3.05) is 0 Å². The van der Waals surface area contributed by atoms with E-state index in [1.54, 1.807) is 0 Å². The Bertz CT molecular complexity index is 624. The summed E-state index contributed by atoms with van der Waals surface area (Å²) in [5.74, 6) is -1.50. The maximum absolute atomic E-state index is 13.5. The van der Waals surface area contributed by atoms with Crippen LogP contribution in [0.4, 0.5) is 8.78 Å². The number of aromatic amines is 1. The molecule has 0 spiro atoms. The van der Waals surface area contributed by atoms with Crippen LogP contribution in [0, 0.1) is 11.6 Å². The minimum absolute atomic E-state index is 0.220. The summed E-state index contributed by atoms with van der Waals surface area (Å²) in [6, 6.07) is 4.05. The van der Waals surface area contributed by atoms with Crippen LogP contribution in [0.15, 0.2) is 28.2 Å². The molecule has 0 aliphatic rings. The Hall–Kier alpha value is -1.63. The third-order valence-electron chi connectivity index (χ3n) is 2.56. The number of H-pyrrole nitrogens is 1. The molecule has 2 rings (SSSR count). The van der Waals surface area contributed by atoms with Crippen LogP contribution in [0.3, 0.4) is 0 Å². The summed E-state index contributed by atoms with van der Waals surface area (Å²) in [6.45, 7) is 2.49. The molecule has 0 saturated heterocycles. The van der Waals surface area contributed by atoms with Crippen molar-refractivity contribution in [2.24, 2.45) is 0 Å². The van der Waals surface area contributed by atoms with Gasteiger partial charge >= 0.3 is 5.69 Å². The lowest BCUT2D eigenvalue weighted by Crippen LogP contribution is -2.17. The van der Waals surface area contributed by atoms with Crippen molar-refractivity contribution in [1.82, 2.24) is 14.8 Å². The van der Waals surface area contributed by atoms with Gasteiger partial charge in [0.2, 0.25) is 0 Å². The molecule has 0 atom stereocenters. The fourth-order valence-corrected chi connectivity index (χ4v) is 2.58. The van der Waals surface area contributed by atoms with Crippen LogP contribution in [0.1, 0.15) is 18.9 Å². The highest BCUT2D eigenvalue weighted by Crippen LogP contribution is 2.22. The van der Waals surface area contributed by atoms with Gasteiger partial charge < -0.3 is 0 Å². The van der Waals surface area contributed by atoms with Crippen molar-refractivity contribution >= 4 is 11.8 Å². The van der Waals surface area contributed by atoms with Crippen molar-refractivity contribution < 1.29 is 8.78 Å². The average Bonchev–Trinajstić information content (AvgIpc) is 2.74. The number of nitrogens with one attached hydrogen (secondary N) is 1. The minimum atomic E-state index is -0.869. The molecule has 0 saturated carbocycles. The molecule has 4 nitrogen and oxygen atoms in total. The van der Waals surface area contributed by atoms with Crippen molar-refractivity contribution in [3.8, 4) is 0 Å². The first kappa shape index (κ1) is 13.8. The Balaban J connectivity index is 2.15. The van der Waals surface area contributed by atoms with Gasteiger partial charge in [0.05, 0.1) is 0 Å². The van der Waals surface area contributed by atoms with Crippen molar-refractivity contribution in [3.05, 3.63) is 45.9 Å². The second-order valence-electron chi connectivity index (χ2n) is 3.96. The second kappa shape index (κ2) is 6.01. The number of hydrogen-bond donors (Lipinski definition) is 1. The largest absolute Gasteiger partial charge is 0.343 e. The zero-order chi connectivity index (χ0) is 13.8. The zero-order valence-corrected chi connectivity index (χ0v) is 11.1. The van der Waals surface area contributed by atoms with Gasteiger partial charge in [-0.05, 0) is 12.5 Å². The number of nitrogens with zero attached hydrogens (tertiary/aromatic N) is 2. The topological polar surface area (TPSA) is 50.7 Å². The highest BCUT2D eigenvalue weighted by atomic mass is 32.2. The second-order valence-corrected chi connectivity index (χ2v) is 4.91. The molecule has 0 bridgehead atoms. The molecule has 1 aromatic heterocycles. The quantitative estimate of drug-likeness (QED) is 0.859. The van der Waals surface area contributed by atoms with Crippen molar-refractivity contribution in [3.63, 3.8) is 0 Å². The molecule has 7 heteroatoms. The lowest BCUT2D eigenvalue weighted by atomic mass is 10.2. The SMILES string of the molecule is CCCn1c(SCc2cccc(F)c2F)n[nH]c1=O. The van der Waals surface area contributed by atoms with E-state index in [9.17, 15) is 13.6 Å². The smallest absolute Gasteiger partial charge is 0.270 e. The molecule has 1 heterocycles. The zero-order valence-electron chi connectivity index (χ0n) is 10.3. The van der Waals surface area contributed by atoms with E-state index in [-0.39, 0.29) is 17.0 Å². The monoisotopic (exact) mass is 285 g/mol. The molecule has 102 valence electrons. The summed E-state index contributed by atoms with van der Waals surface area (Å²) in [5, 5.41) is 6.71. The van der Waals surface area contributed by atoms with E-state index in [1.807, 2.05) is 6.92 Å². The Morgan fingerprint density at radius 2 is 2.21 bits per heavy atom. The number of benzene rings is 1. The van der Waals surface area contributed by atoms with Crippen LogP contribution in [0.5, 0.6) is 0 Å². The van der Waals surface area contributed by atoms with Gasteiger partial charge in [0, 0.05) is 17.9 Å². The maximum atomic E-state index is 13.5. The molecule has 2 aromatic rings. The summed E-state index contributed by atoms with van der Waals surface area (Å²) in [4.78, 5) is 11.5. The van der Waals surface area contributed by atoms with Crippen LogP contribution in [-0.2, 0) is 12.3 Å². The van der Waals surface area contributed by atoms with E-state index in [1.165, 1.54) is 28.5 Å². The standard InChI is InChI=1S/C12H13F2N3OS/c1-2-6-17-11(18)15-16-12(17)19-7-8-4-3-5-9(13)10(8)14/h3-5H,2,6-7H2,1H3,(H,15,18). The molecule has 0 aliphatic carbocycles. The molecular formula is C12H13F2N3OS. The van der Waals surface area contributed by atoms with Crippen molar-refractivity contribution in [1.29, 1.82) is 0 Å². The number of rotatable bonds is 5. The summed E-state index contributed by atoms with van der Waals surface area (Å²) < 4.78 is 28.0. The van der Waals surface area contributed by atoms with Crippen LogP contribution >= 0.6 is 11.8 Å². The molecule has 1 N–H and O–H groups in total. The van der Waals surface area contributed by atoms with Crippen molar-refractivity contribution in [2.45, 2.75) is 30.8 Å². The normalized spacial score (nSPS) is 10.9. The van der Waals surface area contributed by atoms with Gasteiger partial charge in [-0.25, -0.2) is 18.7 Å². The third kappa shape index (κ3) is 3.04. The predicted molar refractivity (Wildman–Crippen MR) is 69.1 cm³/mol. The van der Waals surface area contributed by atoms with E-state index in [0.717, 1.165) is 12.5 Å². The maximum Gasteiger partial charge on any atom is 0.343 e. The number of halogens is 2. The van der Waals surface area contributed by atoms with E-state index in [0.29, 0.717) is 11.7 Å². The van der Waals surface area contributed by atoms with Gasteiger partial charge in [-0.3, -0.25) is 4.57 Å². The van der Waals surface area contributed by atoms with E-state index in [4.69, 9.17) is 0 Å². The Kier molecular flexibility index (Phi) is 4.36. The van der Waals surface area contributed by atoms with E-state index < -0.39 is 11.6 Å². The summed E-state index contributed by atoms with van der Waals surface area (Å²) in [5.41, 5.74) is -0.0347. The summed E-state index contributed by atoms with van der Waals surface area (Å²) in [6.07, 6.45) is 0.793. The minimum Gasteiger partial charge on any atom is -0.270 e. The molecule has 0 aliphatic heterocycles. The highest BCUT2D eigenvalue weighted by Gasteiger charge is 2.11. The summed E-state index contributed by atoms with van der Waals surface area (Å²) in [7, 11) is 0.